The normalized spacial score (nSPS) is 11.3. The number of unbranched alkanes of at least 4 members (excludes halogenated alkanes) is 8. The Morgan fingerprint density at radius 2 is 1.23 bits per heavy atom. The fourth-order valence-electron chi connectivity index (χ4n) is 4.05. The number of rotatable bonds is 14. The van der Waals surface area contributed by atoms with Crippen LogP contribution in [0.3, 0.4) is 0 Å². The number of benzene rings is 3. The third-order valence-corrected chi connectivity index (χ3v) is 5.91. The van der Waals surface area contributed by atoms with Crippen molar-refractivity contribution in [1.82, 2.24) is 0 Å². The molecule has 2 nitrogen and oxygen atoms in total. The van der Waals surface area contributed by atoms with Crippen LogP contribution >= 0.6 is 0 Å². The average molecular weight is 425 g/mol. The lowest BCUT2D eigenvalue weighted by Gasteiger charge is -2.12. The van der Waals surface area contributed by atoms with Crippen molar-refractivity contribution in [1.29, 1.82) is 0 Å². The van der Waals surface area contributed by atoms with Crippen molar-refractivity contribution in [2.45, 2.75) is 78.1 Å². The summed E-state index contributed by atoms with van der Waals surface area (Å²) in [6.45, 7) is 5.73. The molecule has 0 atom stereocenters. The lowest BCUT2D eigenvalue weighted by molar-refractivity contribution is 0.291. The van der Waals surface area contributed by atoms with Crippen LogP contribution in [0.4, 0.5) is 4.39 Å². The van der Waals surface area contributed by atoms with Crippen LogP contribution in [0.15, 0.2) is 42.5 Å². The van der Waals surface area contributed by atoms with E-state index in [1.165, 1.54) is 44.9 Å². The third kappa shape index (κ3) is 6.59. The molecule has 0 aliphatic rings. The summed E-state index contributed by atoms with van der Waals surface area (Å²) in [6.07, 6.45) is 12.0. The topological polar surface area (TPSA) is 18.5 Å². The highest BCUT2D eigenvalue weighted by Crippen LogP contribution is 2.33. The van der Waals surface area contributed by atoms with Crippen molar-refractivity contribution >= 4 is 21.5 Å². The Balaban J connectivity index is 1.62. The second-order valence-corrected chi connectivity index (χ2v) is 8.45. The van der Waals surface area contributed by atoms with E-state index in [1.807, 2.05) is 36.4 Å². The first-order chi connectivity index (χ1) is 15.2. The van der Waals surface area contributed by atoms with Crippen molar-refractivity contribution in [2.75, 3.05) is 13.2 Å². The minimum atomic E-state index is -0.262. The van der Waals surface area contributed by atoms with E-state index in [-0.39, 0.29) is 5.82 Å². The Hall–Kier alpha value is -2.29. The highest BCUT2D eigenvalue weighted by Gasteiger charge is 2.11. The van der Waals surface area contributed by atoms with Gasteiger partial charge in [0.15, 0.2) is 11.6 Å². The zero-order chi connectivity index (χ0) is 21.9. The van der Waals surface area contributed by atoms with Gasteiger partial charge in [-0.25, -0.2) is 4.39 Å². The van der Waals surface area contributed by atoms with Gasteiger partial charge < -0.3 is 9.47 Å². The summed E-state index contributed by atoms with van der Waals surface area (Å²) in [5.41, 5.74) is 0. The van der Waals surface area contributed by atoms with Gasteiger partial charge in [0.05, 0.1) is 13.2 Å². The Kier molecular flexibility index (Phi) is 9.45. The molecule has 168 valence electrons. The molecule has 3 aromatic carbocycles. The van der Waals surface area contributed by atoms with Gasteiger partial charge in [-0.3, -0.25) is 0 Å². The summed E-state index contributed by atoms with van der Waals surface area (Å²) in [7, 11) is 0. The van der Waals surface area contributed by atoms with Gasteiger partial charge in [0.1, 0.15) is 5.75 Å². The molecule has 0 radical (unpaired) electrons. The predicted molar refractivity (Wildman–Crippen MR) is 130 cm³/mol. The fraction of sp³-hybridized carbons (Fsp3) is 0.500. The van der Waals surface area contributed by atoms with Crippen LogP contribution < -0.4 is 9.47 Å². The standard InChI is InChI=1S/C28H37FO2/c1-3-5-7-8-9-10-12-20-31-27-18-17-25-24-16-14-23(30-19-11-6-4-2)21-22(24)13-15-26(25)28(27)29/h13-18,21H,3-12,19-20H2,1-2H3. The summed E-state index contributed by atoms with van der Waals surface area (Å²) in [4.78, 5) is 0. The lowest BCUT2D eigenvalue weighted by atomic mass is 10.0. The highest BCUT2D eigenvalue weighted by atomic mass is 19.1. The van der Waals surface area contributed by atoms with Gasteiger partial charge in [0.2, 0.25) is 0 Å². The summed E-state index contributed by atoms with van der Waals surface area (Å²) < 4.78 is 26.7. The molecule has 0 heterocycles. The van der Waals surface area contributed by atoms with E-state index in [4.69, 9.17) is 9.47 Å². The van der Waals surface area contributed by atoms with Crippen LogP contribution in [0.5, 0.6) is 11.5 Å². The molecule has 3 aromatic rings. The van der Waals surface area contributed by atoms with Crippen LogP contribution in [-0.2, 0) is 0 Å². The molecule has 0 aliphatic carbocycles. The van der Waals surface area contributed by atoms with Crippen LogP contribution in [-0.4, -0.2) is 13.2 Å². The molecule has 0 aromatic heterocycles. The van der Waals surface area contributed by atoms with Gasteiger partial charge in [-0.15, -0.1) is 0 Å². The number of halogens is 1. The molecule has 0 saturated carbocycles. The minimum absolute atomic E-state index is 0.262. The van der Waals surface area contributed by atoms with Crippen LogP contribution in [0.2, 0.25) is 0 Å². The van der Waals surface area contributed by atoms with Gasteiger partial charge in [0.25, 0.3) is 0 Å². The summed E-state index contributed by atoms with van der Waals surface area (Å²) in [5.74, 6) is 0.967. The quantitative estimate of drug-likeness (QED) is 0.190. The summed E-state index contributed by atoms with van der Waals surface area (Å²) in [5, 5.41) is 3.63. The van der Waals surface area contributed by atoms with E-state index in [0.29, 0.717) is 17.7 Å². The zero-order valence-electron chi connectivity index (χ0n) is 19.2. The first kappa shape index (κ1) is 23.4. The smallest absolute Gasteiger partial charge is 0.172 e. The van der Waals surface area contributed by atoms with Crippen molar-refractivity contribution < 1.29 is 13.9 Å². The molecule has 3 rings (SSSR count). The monoisotopic (exact) mass is 424 g/mol. The van der Waals surface area contributed by atoms with Gasteiger partial charge in [-0.2, -0.15) is 0 Å². The maximum absolute atomic E-state index is 15.1. The third-order valence-electron chi connectivity index (χ3n) is 5.91. The molecule has 31 heavy (non-hydrogen) atoms. The van der Waals surface area contributed by atoms with Crippen LogP contribution in [0, 0.1) is 5.82 Å². The zero-order valence-corrected chi connectivity index (χ0v) is 19.2. The van der Waals surface area contributed by atoms with Crippen molar-refractivity contribution in [3.63, 3.8) is 0 Å². The van der Waals surface area contributed by atoms with Gasteiger partial charge >= 0.3 is 0 Å². The maximum atomic E-state index is 15.1. The van der Waals surface area contributed by atoms with E-state index in [2.05, 4.69) is 13.8 Å². The molecule has 0 spiro atoms. The first-order valence-electron chi connectivity index (χ1n) is 12.1. The lowest BCUT2D eigenvalue weighted by Crippen LogP contribution is -2.00. The molecular weight excluding hydrogens is 387 g/mol. The molecular formula is C28H37FO2. The maximum Gasteiger partial charge on any atom is 0.172 e. The number of fused-ring (bicyclic) bond motifs is 3. The predicted octanol–water partition coefficient (Wildman–Crippen LogP) is 8.83. The van der Waals surface area contributed by atoms with Crippen molar-refractivity contribution in [3.05, 3.63) is 48.3 Å². The molecule has 0 aliphatic heterocycles. The fourth-order valence-corrected chi connectivity index (χ4v) is 4.05. The van der Waals surface area contributed by atoms with Crippen LogP contribution in [0.1, 0.15) is 78.1 Å². The molecule has 3 heteroatoms. The van der Waals surface area contributed by atoms with Gasteiger partial charge in [0, 0.05) is 5.39 Å². The van der Waals surface area contributed by atoms with Crippen molar-refractivity contribution in [3.8, 4) is 11.5 Å². The van der Waals surface area contributed by atoms with E-state index in [1.54, 1.807) is 6.07 Å². The Morgan fingerprint density at radius 1 is 0.613 bits per heavy atom. The van der Waals surface area contributed by atoms with E-state index in [0.717, 1.165) is 47.8 Å². The van der Waals surface area contributed by atoms with E-state index < -0.39 is 0 Å². The molecule has 0 amide bonds. The minimum Gasteiger partial charge on any atom is -0.494 e. The highest BCUT2D eigenvalue weighted by molar-refractivity contribution is 6.08. The molecule has 0 fully saturated rings. The summed E-state index contributed by atoms with van der Waals surface area (Å²) >= 11 is 0. The second-order valence-electron chi connectivity index (χ2n) is 8.45. The largest absolute Gasteiger partial charge is 0.494 e. The Bertz CT molecular complexity index is 951. The van der Waals surface area contributed by atoms with Gasteiger partial charge in [-0.05, 0) is 53.3 Å². The molecule has 0 unspecified atom stereocenters. The number of hydrogen-bond donors (Lipinski definition) is 0. The molecule has 0 N–H and O–H groups in total. The van der Waals surface area contributed by atoms with Crippen molar-refractivity contribution in [2.24, 2.45) is 0 Å². The van der Waals surface area contributed by atoms with E-state index >= 15 is 4.39 Å². The second kappa shape index (κ2) is 12.5. The summed E-state index contributed by atoms with van der Waals surface area (Å²) in [6, 6.07) is 13.6. The SMILES string of the molecule is CCCCCCCCCOc1ccc2c(ccc3cc(OCCCCC)ccc32)c1F. The van der Waals surface area contributed by atoms with E-state index in [9.17, 15) is 0 Å². The van der Waals surface area contributed by atoms with Gasteiger partial charge in [-0.1, -0.05) is 83.4 Å². The number of hydrogen-bond acceptors (Lipinski definition) is 2. The number of ether oxygens (including phenoxy) is 2. The molecule has 0 saturated heterocycles. The Morgan fingerprint density at radius 3 is 2.03 bits per heavy atom. The first-order valence-corrected chi connectivity index (χ1v) is 12.1. The average Bonchev–Trinajstić information content (AvgIpc) is 2.79. The Labute approximate surface area is 186 Å². The van der Waals surface area contributed by atoms with Crippen LogP contribution in [0.25, 0.3) is 21.5 Å². The molecule has 0 bridgehead atoms.